The Hall–Kier alpha value is -2.38. The Labute approximate surface area is 153 Å². The Morgan fingerprint density at radius 3 is 2.27 bits per heavy atom. The van der Waals surface area contributed by atoms with Crippen LogP contribution in [0.15, 0.2) is 59.5 Å². The standard InChI is InChI=1S/C19H22N2O4S/c22-17-10-12-21(13-11-17)19(23)14-15-6-8-16(9-7-15)20-26(24,25)18-4-2-1-3-5-18/h1-9,17,20,22H,10-14H2. The molecule has 1 aliphatic rings. The van der Waals surface area contributed by atoms with Crippen molar-refractivity contribution in [3.8, 4) is 0 Å². The van der Waals surface area contributed by atoms with Crippen molar-refractivity contribution < 1.29 is 18.3 Å². The Morgan fingerprint density at radius 1 is 1.04 bits per heavy atom. The van der Waals surface area contributed by atoms with Gasteiger partial charge in [0.15, 0.2) is 0 Å². The number of carbonyl (C=O) groups excluding carboxylic acids is 1. The monoisotopic (exact) mass is 374 g/mol. The van der Waals surface area contributed by atoms with Gasteiger partial charge in [-0.05, 0) is 42.7 Å². The van der Waals surface area contributed by atoms with Crippen molar-refractivity contribution >= 4 is 21.6 Å². The highest BCUT2D eigenvalue weighted by Crippen LogP contribution is 2.17. The van der Waals surface area contributed by atoms with Crippen LogP contribution in [0.1, 0.15) is 18.4 Å². The summed E-state index contributed by atoms with van der Waals surface area (Å²) in [6.45, 7) is 1.16. The largest absolute Gasteiger partial charge is 0.393 e. The summed E-state index contributed by atoms with van der Waals surface area (Å²) < 4.78 is 27.1. The van der Waals surface area contributed by atoms with Gasteiger partial charge in [-0.3, -0.25) is 9.52 Å². The summed E-state index contributed by atoms with van der Waals surface area (Å²) in [5, 5.41) is 9.51. The second-order valence-corrected chi connectivity index (χ2v) is 8.09. The number of hydrogen-bond acceptors (Lipinski definition) is 4. The molecule has 7 heteroatoms. The Bertz CT molecular complexity index is 843. The average Bonchev–Trinajstić information content (AvgIpc) is 2.64. The smallest absolute Gasteiger partial charge is 0.261 e. The van der Waals surface area contributed by atoms with E-state index in [-0.39, 0.29) is 23.3 Å². The van der Waals surface area contributed by atoms with Crippen LogP contribution < -0.4 is 4.72 Å². The summed E-state index contributed by atoms with van der Waals surface area (Å²) in [5.41, 5.74) is 1.27. The fourth-order valence-corrected chi connectivity index (χ4v) is 3.99. The topological polar surface area (TPSA) is 86.7 Å². The van der Waals surface area contributed by atoms with E-state index in [4.69, 9.17) is 0 Å². The minimum atomic E-state index is -3.62. The van der Waals surface area contributed by atoms with Crippen LogP contribution >= 0.6 is 0 Å². The Balaban J connectivity index is 1.61. The predicted octanol–water partition coefficient (Wildman–Crippen LogP) is 2.01. The Morgan fingerprint density at radius 2 is 1.65 bits per heavy atom. The number of rotatable bonds is 5. The molecule has 2 aromatic rings. The van der Waals surface area contributed by atoms with E-state index >= 15 is 0 Å². The number of benzene rings is 2. The van der Waals surface area contributed by atoms with Crippen LogP contribution in [0.5, 0.6) is 0 Å². The lowest BCUT2D eigenvalue weighted by Gasteiger charge is -2.29. The zero-order chi connectivity index (χ0) is 18.6. The zero-order valence-electron chi connectivity index (χ0n) is 14.3. The van der Waals surface area contributed by atoms with Gasteiger partial charge in [0.2, 0.25) is 5.91 Å². The number of anilines is 1. The van der Waals surface area contributed by atoms with Gasteiger partial charge in [0.05, 0.1) is 17.4 Å². The van der Waals surface area contributed by atoms with Crippen molar-refractivity contribution in [3.05, 3.63) is 60.2 Å². The van der Waals surface area contributed by atoms with Crippen LogP contribution in [0.3, 0.4) is 0 Å². The second kappa shape index (κ2) is 7.88. The highest BCUT2D eigenvalue weighted by atomic mass is 32.2. The quantitative estimate of drug-likeness (QED) is 0.838. The molecule has 3 rings (SSSR count). The first-order valence-corrected chi connectivity index (χ1v) is 10.0. The summed E-state index contributed by atoms with van der Waals surface area (Å²) in [7, 11) is -3.62. The first kappa shape index (κ1) is 18.4. The van der Waals surface area contributed by atoms with E-state index in [2.05, 4.69) is 4.72 Å². The van der Waals surface area contributed by atoms with Gasteiger partial charge in [0.25, 0.3) is 10.0 Å². The molecule has 2 aromatic carbocycles. The fraction of sp³-hybridized carbons (Fsp3) is 0.316. The van der Waals surface area contributed by atoms with E-state index in [1.165, 1.54) is 12.1 Å². The number of hydrogen-bond donors (Lipinski definition) is 2. The molecule has 0 radical (unpaired) electrons. The molecule has 1 heterocycles. The molecule has 0 atom stereocenters. The molecule has 0 aromatic heterocycles. The van der Waals surface area contributed by atoms with Crippen molar-refractivity contribution in [1.82, 2.24) is 4.90 Å². The molecular formula is C19H22N2O4S. The second-order valence-electron chi connectivity index (χ2n) is 6.40. The summed E-state index contributed by atoms with van der Waals surface area (Å²) in [6.07, 6.45) is 1.19. The molecule has 0 bridgehead atoms. The predicted molar refractivity (Wildman–Crippen MR) is 99.2 cm³/mol. The normalized spacial score (nSPS) is 15.7. The maximum absolute atomic E-state index is 12.3. The highest BCUT2D eigenvalue weighted by Gasteiger charge is 2.21. The first-order chi connectivity index (χ1) is 12.4. The highest BCUT2D eigenvalue weighted by molar-refractivity contribution is 7.92. The van der Waals surface area contributed by atoms with E-state index in [0.29, 0.717) is 31.6 Å². The van der Waals surface area contributed by atoms with Crippen LogP contribution in [0.4, 0.5) is 5.69 Å². The van der Waals surface area contributed by atoms with E-state index < -0.39 is 10.0 Å². The van der Waals surface area contributed by atoms with Crippen molar-refractivity contribution in [3.63, 3.8) is 0 Å². The molecule has 1 aliphatic heterocycles. The lowest BCUT2D eigenvalue weighted by molar-refractivity contribution is -0.132. The van der Waals surface area contributed by atoms with Crippen LogP contribution in [0.2, 0.25) is 0 Å². The number of carbonyl (C=O) groups is 1. The molecule has 1 fully saturated rings. The number of sulfonamides is 1. The van der Waals surface area contributed by atoms with Gasteiger partial charge in [-0.1, -0.05) is 30.3 Å². The van der Waals surface area contributed by atoms with E-state index in [1.807, 2.05) is 0 Å². The average molecular weight is 374 g/mol. The molecule has 1 saturated heterocycles. The summed E-state index contributed by atoms with van der Waals surface area (Å²) in [5.74, 6) is 0.0227. The van der Waals surface area contributed by atoms with E-state index in [9.17, 15) is 18.3 Å². The number of amides is 1. The summed E-state index contributed by atoms with van der Waals surface area (Å²) in [6, 6.07) is 15.0. The molecule has 0 saturated carbocycles. The third-order valence-corrected chi connectivity index (χ3v) is 5.83. The van der Waals surface area contributed by atoms with Crippen LogP contribution in [-0.4, -0.2) is 43.5 Å². The zero-order valence-corrected chi connectivity index (χ0v) is 15.2. The molecular weight excluding hydrogens is 352 g/mol. The number of nitrogens with zero attached hydrogens (tertiary/aromatic N) is 1. The summed E-state index contributed by atoms with van der Waals surface area (Å²) >= 11 is 0. The van der Waals surface area contributed by atoms with Gasteiger partial charge in [0, 0.05) is 18.8 Å². The van der Waals surface area contributed by atoms with Crippen molar-refractivity contribution in [2.24, 2.45) is 0 Å². The number of aliphatic hydroxyl groups excluding tert-OH is 1. The maximum Gasteiger partial charge on any atom is 0.261 e. The van der Waals surface area contributed by atoms with Crippen molar-refractivity contribution in [2.75, 3.05) is 17.8 Å². The van der Waals surface area contributed by atoms with Crippen LogP contribution in [0.25, 0.3) is 0 Å². The molecule has 2 N–H and O–H groups in total. The third-order valence-electron chi connectivity index (χ3n) is 4.43. The van der Waals surface area contributed by atoms with Gasteiger partial charge in [-0.25, -0.2) is 8.42 Å². The van der Waals surface area contributed by atoms with Gasteiger partial charge in [-0.15, -0.1) is 0 Å². The molecule has 6 nitrogen and oxygen atoms in total. The fourth-order valence-electron chi connectivity index (χ4n) is 2.91. The number of piperidine rings is 1. The SMILES string of the molecule is O=C(Cc1ccc(NS(=O)(=O)c2ccccc2)cc1)N1CCC(O)CC1. The Kier molecular flexibility index (Phi) is 5.58. The number of nitrogens with one attached hydrogen (secondary N) is 1. The molecule has 26 heavy (non-hydrogen) atoms. The van der Waals surface area contributed by atoms with Crippen molar-refractivity contribution in [2.45, 2.75) is 30.3 Å². The lowest BCUT2D eigenvalue weighted by Crippen LogP contribution is -2.40. The first-order valence-electron chi connectivity index (χ1n) is 8.57. The summed E-state index contributed by atoms with van der Waals surface area (Å²) in [4.78, 5) is 14.3. The minimum Gasteiger partial charge on any atom is -0.393 e. The van der Waals surface area contributed by atoms with Crippen molar-refractivity contribution in [1.29, 1.82) is 0 Å². The van der Waals surface area contributed by atoms with Crippen LogP contribution in [-0.2, 0) is 21.2 Å². The maximum atomic E-state index is 12.3. The van der Waals surface area contributed by atoms with Gasteiger partial charge < -0.3 is 10.0 Å². The van der Waals surface area contributed by atoms with Gasteiger partial charge in [-0.2, -0.15) is 0 Å². The van der Waals surface area contributed by atoms with E-state index in [1.54, 1.807) is 47.4 Å². The van der Waals surface area contributed by atoms with Crippen LogP contribution in [0, 0.1) is 0 Å². The minimum absolute atomic E-state index is 0.0227. The number of aliphatic hydroxyl groups is 1. The molecule has 138 valence electrons. The molecule has 0 unspecified atom stereocenters. The molecule has 0 spiro atoms. The van der Waals surface area contributed by atoms with E-state index in [0.717, 1.165) is 5.56 Å². The lowest BCUT2D eigenvalue weighted by atomic mass is 10.1. The molecule has 1 amide bonds. The van der Waals surface area contributed by atoms with Gasteiger partial charge >= 0.3 is 0 Å². The molecule has 0 aliphatic carbocycles. The number of likely N-dealkylation sites (tertiary alicyclic amines) is 1. The third kappa shape index (κ3) is 4.62. The van der Waals surface area contributed by atoms with Gasteiger partial charge in [0.1, 0.15) is 0 Å².